The van der Waals surface area contributed by atoms with Gasteiger partial charge in [0, 0.05) is 0 Å². The van der Waals surface area contributed by atoms with Crippen LogP contribution in [0.1, 0.15) is 13.8 Å². The van der Waals surface area contributed by atoms with Crippen molar-refractivity contribution >= 4 is 17.7 Å². The van der Waals surface area contributed by atoms with E-state index in [2.05, 4.69) is 0 Å². The Morgan fingerprint density at radius 3 is 2.77 bits per heavy atom. The molecule has 0 N–H and O–H groups in total. The second-order valence-corrected chi connectivity index (χ2v) is 4.62. The number of hydrogen-bond donors (Lipinski definition) is 0. The quantitative estimate of drug-likeness (QED) is 0.590. The van der Waals surface area contributed by atoms with E-state index in [1.165, 1.54) is 11.8 Å². The number of hydrogen-bond acceptors (Lipinski definition) is 5. The van der Waals surface area contributed by atoms with Gasteiger partial charge >= 0.3 is 5.97 Å². The molecule has 2 heterocycles. The summed E-state index contributed by atoms with van der Waals surface area (Å²) in [7, 11) is 0. The van der Waals surface area contributed by atoms with Crippen LogP contribution in [-0.4, -0.2) is 35.7 Å². The highest BCUT2D eigenvalue weighted by Gasteiger charge is 2.41. The lowest BCUT2D eigenvalue weighted by atomic mass is 10.4. The first kappa shape index (κ1) is 9.30. The van der Waals surface area contributed by atoms with Crippen LogP contribution < -0.4 is 0 Å². The Labute approximate surface area is 80.9 Å². The number of carbonyl (C=O) groups excluding carboxylic acids is 1. The number of ether oxygens (including phenoxy) is 3. The molecule has 0 aromatic carbocycles. The van der Waals surface area contributed by atoms with Gasteiger partial charge < -0.3 is 14.2 Å². The molecule has 0 saturated carbocycles. The molecule has 13 heavy (non-hydrogen) atoms. The van der Waals surface area contributed by atoms with E-state index in [0.717, 1.165) is 0 Å². The second-order valence-electron chi connectivity index (χ2n) is 3.54. The summed E-state index contributed by atoms with van der Waals surface area (Å²) in [4.78, 5) is 10.8. The number of cyclic esters (lactones) is 1. The van der Waals surface area contributed by atoms with Crippen molar-refractivity contribution < 1.29 is 19.0 Å². The predicted molar refractivity (Wildman–Crippen MR) is 47.2 cm³/mol. The topological polar surface area (TPSA) is 44.8 Å². The van der Waals surface area contributed by atoms with Crippen molar-refractivity contribution in [3.63, 3.8) is 0 Å². The summed E-state index contributed by atoms with van der Waals surface area (Å²) in [5.41, 5.74) is -0.186. The van der Waals surface area contributed by atoms with Crippen LogP contribution in [0.3, 0.4) is 0 Å². The minimum atomic E-state index is -0.541. The van der Waals surface area contributed by atoms with E-state index >= 15 is 0 Å². The third kappa shape index (κ3) is 1.98. The summed E-state index contributed by atoms with van der Waals surface area (Å²) in [5, 5.41) is 0. The van der Waals surface area contributed by atoms with Gasteiger partial charge in [-0.25, -0.2) is 0 Å². The Balaban J connectivity index is 1.93. The molecule has 0 bridgehead atoms. The largest absolute Gasteiger partial charge is 0.448 e. The Bertz CT molecular complexity index is 228. The maximum absolute atomic E-state index is 10.8. The van der Waals surface area contributed by atoms with Crippen LogP contribution in [0, 0.1) is 0 Å². The average Bonchev–Trinajstić information content (AvgIpc) is 2.56. The number of rotatable bonds is 1. The zero-order valence-electron chi connectivity index (χ0n) is 7.61. The lowest BCUT2D eigenvalue weighted by Gasteiger charge is -2.19. The van der Waals surface area contributed by atoms with Gasteiger partial charge in [0.25, 0.3) is 0 Å². The normalized spacial score (nSPS) is 37.8. The highest BCUT2D eigenvalue weighted by atomic mass is 32.2. The summed E-state index contributed by atoms with van der Waals surface area (Å²) in [6.45, 7) is 4.21. The van der Waals surface area contributed by atoms with E-state index in [-0.39, 0.29) is 17.5 Å². The standard InChI is InChI=1S/C8H12O4S/c1-8(2)10-3-5(12-8)7-11-6(9)4-13-7/h5,7H,3-4H2,1-2H3/t5-,7-/m1/s1. The molecule has 4 nitrogen and oxygen atoms in total. The van der Waals surface area contributed by atoms with Crippen LogP contribution in [0.5, 0.6) is 0 Å². The Kier molecular flexibility index (Phi) is 2.25. The third-order valence-corrected chi connectivity index (χ3v) is 3.08. The number of thioether (sulfide) groups is 1. The SMILES string of the molecule is CC1(C)OC[C@H]([C@@H]2OC(=O)CS2)O1. The molecule has 0 unspecified atom stereocenters. The van der Waals surface area contributed by atoms with Crippen LogP contribution in [0.2, 0.25) is 0 Å². The van der Waals surface area contributed by atoms with E-state index < -0.39 is 5.79 Å². The Morgan fingerprint density at radius 2 is 2.31 bits per heavy atom. The molecule has 2 saturated heterocycles. The first-order valence-electron chi connectivity index (χ1n) is 4.20. The van der Waals surface area contributed by atoms with E-state index in [1.807, 2.05) is 13.8 Å². The Hall–Kier alpha value is -0.260. The summed E-state index contributed by atoms with van der Waals surface area (Å²) >= 11 is 1.47. The average molecular weight is 204 g/mol. The summed E-state index contributed by atoms with van der Waals surface area (Å²) in [6.07, 6.45) is -0.119. The van der Waals surface area contributed by atoms with Gasteiger partial charge in [-0.2, -0.15) is 0 Å². The molecule has 5 heteroatoms. The van der Waals surface area contributed by atoms with Crippen LogP contribution >= 0.6 is 11.8 Å². The Morgan fingerprint density at radius 1 is 1.54 bits per heavy atom. The molecule has 0 aromatic heterocycles. The summed E-state index contributed by atoms with van der Waals surface area (Å²) in [5.74, 6) is -0.283. The van der Waals surface area contributed by atoms with Gasteiger partial charge in [-0.1, -0.05) is 0 Å². The molecule has 2 rings (SSSR count). The first-order chi connectivity index (χ1) is 6.07. The molecule has 0 amide bonds. The van der Waals surface area contributed by atoms with Crippen molar-refractivity contribution in [1.82, 2.24) is 0 Å². The minimum absolute atomic E-state index is 0.119. The van der Waals surface area contributed by atoms with E-state index in [0.29, 0.717) is 12.4 Å². The summed E-state index contributed by atoms with van der Waals surface area (Å²) in [6, 6.07) is 0. The van der Waals surface area contributed by atoms with Crippen LogP contribution in [-0.2, 0) is 19.0 Å². The van der Waals surface area contributed by atoms with Gasteiger partial charge in [-0.05, 0) is 13.8 Å². The molecule has 0 spiro atoms. The molecule has 0 aromatic rings. The van der Waals surface area contributed by atoms with Gasteiger partial charge in [-0.15, -0.1) is 11.8 Å². The molecule has 2 aliphatic heterocycles. The van der Waals surface area contributed by atoms with Crippen LogP contribution in [0.25, 0.3) is 0 Å². The molecule has 0 radical (unpaired) electrons. The zero-order valence-corrected chi connectivity index (χ0v) is 8.43. The van der Waals surface area contributed by atoms with Gasteiger partial charge in [0.2, 0.25) is 0 Å². The predicted octanol–water partition coefficient (Wildman–Crippen LogP) is 0.754. The van der Waals surface area contributed by atoms with Crippen LogP contribution in [0.4, 0.5) is 0 Å². The van der Waals surface area contributed by atoms with E-state index in [9.17, 15) is 4.79 Å². The highest BCUT2D eigenvalue weighted by molar-refractivity contribution is 8.00. The van der Waals surface area contributed by atoms with Crippen molar-refractivity contribution in [3.8, 4) is 0 Å². The molecular formula is C8H12O4S. The molecule has 2 fully saturated rings. The fourth-order valence-corrected chi connectivity index (χ4v) is 2.27. The van der Waals surface area contributed by atoms with Gasteiger partial charge in [0.15, 0.2) is 11.2 Å². The summed E-state index contributed by atoms with van der Waals surface area (Å²) < 4.78 is 16.0. The number of esters is 1. The third-order valence-electron chi connectivity index (χ3n) is 1.95. The molecular weight excluding hydrogens is 192 g/mol. The smallest absolute Gasteiger partial charge is 0.317 e. The van der Waals surface area contributed by atoms with Gasteiger partial charge in [0.05, 0.1) is 12.4 Å². The minimum Gasteiger partial charge on any atom is -0.448 e. The number of carbonyl (C=O) groups is 1. The molecule has 0 aliphatic carbocycles. The molecule has 2 atom stereocenters. The van der Waals surface area contributed by atoms with Crippen molar-refractivity contribution in [2.75, 3.05) is 12.4 Å². The zero-order chi connectivity index (χ0) is 9.47. The maximum Gasteiger partial charge on any atom is 0.317 e. The van der Waals surface area contributed by atoms with Crippen LogP contribution in [0.15, 0.2) is 0 Å². The van der Waals surface area contributed by atoms with Crippen molar-refractivity contribution in [2.24, 2.45) is 0 Å². The van der Waals surface area contributed by atoms with Crippen molar-refractivity contribution in [1.29, 1.82) is 0 Å². The molecule has 74 valence electrons. The first-order valence-corrected chi connectivity index (χ1v) is 5.24. The van der Waals surface area contributed by atoms with E-state index in [1.54, 1.807) is 0 Å². The van der Waals surface area contributed by atoms with E-state index in [4.69, 9.17) is 14.2 Å². The monoisotopic (exact) mass is 204 g/mol. The highest BCUT2D eigenvalue weighted by Crippen LogP contribution is 2.32. The lowest BCUT2D eigenvalue weighted by molar-refractivity contribution is -0.157. The fourth-order valence-electron chi connectivity index (χ4n) is 1.38. The lowest BCUT2D eigenvalue weighted by Crippen LogP contribution is -2.28. The van der Waals surface area contributed by atoms with Crippen molar-refractivity contribution in [3.05, 3.63) is 0 Å². The maximum atomic E-state index is 10.8. The molecule has 2 aliphatic rings. The van der Waals surface area contributed by atoms with Gasteiger partial charge in [-0.3, -0.25) is 4.79 Å². The van der Waals surface area contributed by atoms with Gasteiger partial charge in [0.1, 0.15) is 6.10 Å². The van der Waals surface area contributed by atoms with Crippen molar-refractivity contribution in [2.45, 2.75) is 31.2 Å². The fraction of sp³-hybridized carbons (Fsp3) is 0.875. The second kappa shape index (κ2) is 3.15.